The molecule has 1 aromatic carbocycles. The van der Waals surface area contributed by atoms with Gasteiger partial charge in [0.05, 0.1) is 12.1 Å². The van der Waals surface area contributed by atoms with Crippen molar-refractivity contribution in [3.8, 4) is 11.5 Å². The van der Waals surface area contributed by atoms with Gasteiger partial charge in [-0.2, -0.15) is 4.98 Å². The Balaban J connectivity index is 1.60. The minimum atomic E-state index is -0.397. The fourth-order valence-corrected chi connectivity index (χ4v) is 3.09. The number of aliphatic hydroxyl groups excluding tert-OH is 1. The maximum Gasteiger partial charge on any atom is 0.244 e. The molecule has 4 rings (SSSR count). The maximum absolute atomic E-state index is 10.0. The number of aromatic nitrogens is 2. The van der Waals surface area contributed by atoms with Crippen molar-refractivity contribution in [2.24, 2.45) is 0 Å². The summed E-state index contributed by atoms with van der Waals surface area (Å²) in [6, 6.07) is 5.77. The van der Waals surface area contributed by atoms with Crippen molar-refractivity contribution in [1.29, 1.82) is 0 Å². The van der Waals surface area contributed by atoms with Gasteiger partial charge >= 0.3 is 0 Å². The maximum atomic E-state index is 10.0. The van der Waals surface area contributed by atoms with Crippen LogP contribution in [0.5, 0.6) is 11.5 Å². The van der Waals surface area contributed by atoms with E-state index >= 15 is 0 Å². The van der Waals surface area contributed by atoms with Crippen LogP contribution in [0.1, 0.15) is 29.7 Å². The summed E-state index contributed by atoms with van der Waals surface area (Å²) in [5.41, 5.74) is 1.03. The first-order chi connectivity index (χ1) is 10.7. The van der Waals surface area contributed by atoms with Crippen molar-refractivity contribution in [2.45, 2.75) is 32.0 Å². The lowest BCUT2D eigenvalue weighted by Gasteiger charge is -2.21. The summed E-state index contributed by atoms with van der Waals surface area (Å²) >= 11 is 0. The topological polar surface area (TPSA) is 80.9 Å². The fourth-order valence-electron chi connectivity index (χ4n) is 3.09. The summed E-state index contributed by atoms with van der Waals surface area (Å²) in [6.07, 6.45) is 0.194. The van der Waals surface area contributed by atoms with Crippen molar-refractivity contribution in [2.75, 3.05) is 13.3 Å². The van der Waals surface area contributed by atoms with E-state index < -0.39 is 6.10 Å². The third-order valence-corrected chi connectivity index (χ3v) is 4.06. The van der Waals surface area contributed by atoms with Gasteiger partial charge in [-0.15, -0.1) is 0 Å². The Morgan fingerprint density at radius 2 is 2.27 bits per heavy atom. The molecule has 7 heteroatoms. The van der Waals surface area contributed by atoms with E-state index in [2.05, 4.69) is 15.0 Å². The number of nitrogens with zero attached hydrogens (tertiary/aromatic N) is 3. The minimum absolute atomic E-state index is 0.0747. The van der Waals surface area contributed by atoms with E-state index in [9.17, 15) is 5.11 Å². The number of ether oxygens (including phenoxy) is 2. The fraction of sp³-hybridized carbons (Fsp3) is 0.467. The van der Waals surface area contributed by atoms with E-state index in [0.717, 1.165) is 17.1 Å². The highest BCUT2D eigenvalue weighted by Gasteiger charge is 2.36. The predicted octanol–water partition coefficient (Wildman–Crippen LogP) is 1.41. The smallest absolute Gasteiger partial charge is 0.244 e. The Morgan fingerprint density at radius 3 is 3.09 bits per heavy atom. The Kier molecular flexibility index (Phi) is 3.24. The summed E-state index contributed by atoms with van der Waals surface area (Å²) in [4.78, 5) is 6.44. The zero-order valence-electron chi connectivity index (χ0n) is 12.2. The first kappa shape index (κ1) is 13.5. The molecule has 0 unspecified atom stereocenters. The molecule has 0 bridgehead atoms. The van der Waals surface area contributed by atoms with Crippen LogP contribution in [0, 0.1) is 6.92 Å². The first-order valence-corrected chi connectivity index (χ1v) is 7.30. The summed E-state index contributed by atoms with van der Waals surface area (Å²) in [7, 11) is 0. The van der Waals surface area contributed by atoms with E-state index in [1.807, 2.05) is 18.2 Å². The number of β-amino-alcohol motifs (C(OH)–C–C–N with tert-alkyl or cyclic N) is 1. The Bertz CT molecular complexity index is 687. The zero-order valence-corrected chi connectivity index (χ0v) is 12.2. The lowest BCUT2D eigenvalue weighted by molar-refractivity contribution is 0.162. The molecule has 22 heavy (non-hydrogen) atoms. The molecule has 0 amide bonds. The van der Waals surface area contributed by atoms with Gasteiger partial charge in [0.1, 0.15) is 0 Å². The van der Waals surface area contributed by atoms with Crippen LogP contribution in [0.4, 0.5) is 0 Å². The quantitative estimate of drug-likeness (QED) is 0.918. The van der Waals surface area contributed by atoms with Crippen LogP contribution in [0.2, 0.25) is 0 Å². The van der Waals surface area contributed by atoms with E-state index in [4.69, 9.17) is 14.0 Å². The molecule has 2 aliphatic rings. The SMILES string of the molecule is Cc1noc([C@H]2C[C@@H](O)CN2Cc2cccc3c2OCO3)n1. The molecular formula is C15H17N3O4. The molecular weight excluding hydrogens is 286 g/mol. The standard InChI is InChI=1S/C15H17N3O4/c1-9-16-15(22-17-9)12-5-11(19)7-18(12)6-10-3-2-4-13-14(10)21-8-20-13/h2-4,11-12,19H,5-8H2,1H3/t11-,12-/m1/s1. The number of rotatable bonds is 3. The second kappa shape index (κ2) is 5.26. The molecule has 2 aromatic rings. The molecule has 2 aliphatic heterocycles. The van der Waals surface area contributed by atoms with Crippen molar-refractivity contribution in [3.63, 3.8) is 0 Å². The molecule has 1 fully saturated rings. The van der Waals surface area contributed by atoms with E-state index in [1.54, 1.807) is 6.92 Å². The van der Waals surface area contributed by atoms with Gasteiger partial charge in [-0.3, -0.25) is 4.90 Å². The first-order valence-electron chi connectivity index (χ1n) is 7.30. The van der Waals surface area contributed by atoms with Crippen molar-refractivity contribution in [3.05, 3.63) is 35.5 Å². The largest absolute Gasteiger partial charge is 0.454 e. The molecule has 0 radical (unpaired) electrons. The summed E-state index contributed by atoms with van der Waals surface area (Å²) in [6.45, 7) is 3.24. The summed E-state index contributed by atoms with van der Waals surface area (Å²) in [5, 5.41) is 13.9. The normalized spacial score (nSPS) is 24.1. The van der Waals surface area contributed by atoms with E-state index in [-0.39, 0.29) is 12.8 Å². The Labute approximate surface area is 127 Å². The molecule has 3 heterocycles. The lowest BCUT2D eigenvalue weighted by atomic mass is 10.1. The van der Waals surface area contributed by atoms with E-state index in [0.29, 0.717) is 31.2 Å². The van der Waals surface area contributed by atoms with Crippen LogP contribution in [0.25, 0.3) is 0 Å². The van der Waals surface area contributed by atoms with Crippen LogP contribution >= 0.6 is 0 Å². The number of benzene rings is 1. The highest BCUT2D eigenvalue weighted by atomic mass is 16.7. The molecule has 0 spiro atoms. The van der Waals surface area contributed by atoms with Gasteiger partial charge in [0, 0.05) is 18.7 Å². The molecule has 7 nitrogen and oxygen atoms in total. The number of fused-ring (bicyclic) bond motifs is 1. The highest BCUT2D eigenvalue weighted by Crippen LogP contribution is 2.39. The van der Waals surface area contributed by atoms with Gasteiger partial charge in [-0.05, 0) is 19.4 Å². The van der Waals surface area contributed by atoms with Gasteiger partial charge in [0.15, 0.2) is 17.3 Å². The number of aryl methyl sites for hydroxylation is 1. The van der Waals surface area contributed by atoms with Gasteiger partial charge in [0.25, 0.3) is 0 Å². The molecule has 0 aliphatic carbocycles. The Hall–Kier alpha value is -2.12. The van der Waals surface area contributed by atoms with Gasteiger partial charge in [-0.25, -0.2) is 0 Å². The third-order valence-electron chi connectivity index (χ3n) is 4.06. The summed E-state index contributed by atoms with van der Waals surface area (Å²) in [5.74, 6) is 2.71. The van der Waals surface area contributed by atoms with Crippen LogP contribution in [-0.2, 0) is 6.54 Å². The molecule has 1 N–H and O–H groups in total. The zero-order chi connectivity index (χ0) is 15.1. The van der Waals surface area contributed by atoms with Crippen LogP contribution in [0.3, 0.4) is 0 Å². The van der Waals surface area contributed by atoms with Crippen LogP contribution < -0.4 is 9.47 Å². The Morgan fingerprint density at radius 1 is 1.36 bits per heavy atom. The number of hydrogen-bond donors (Lipinski definition) is 1. The second-order valence-corrected chi connectivity index (χ2v) is 5.67. The molecule has 1 saturated heterocycles. The predicted molar refractivity (Wildman–Crippen MR) is 75.4 cm³/mol. The molecule has 1 aromatic heterocycles. The van der Waals surface area contributed by atoms with Crippen molar-refractivity contribution < 1.29 is 19.1 Å². The average molecular weight is 303 g/mol. The van der Waals surface area contributed by atoms with Crippen molar-refractivity contribution in [1.82, 2.24) is 15.0 Å². The number of hydrogen-bond acceptors (Lipinski definition) is 7. The third kappa shape index (κ3) is 2.32. The van der Waals surface area contributed by atoms with Crippen molar-refractivity contribution >= 4 is 0 Å². The molecule has 2 atom stereocenters. The monoisotopic (exact) mass is 303 g/mol. The highest BCUT2D eigenvalue weighted by molar-refractivity contribution is 5.48. The lowest BCUT2D eigenvalue weighted by Crippen LogP contribution is -2.24. The van der Waals surface area contributed by atoms with Gasteiger partial charge in [-0.1, -0.05) is 17.3 Å². The average Bonchev–Trinajstić information content (AvgIpc) is 3.19. The summed E-state index contributed by atoms with van der Waals surface area (Å²) < 4.78 is 16.2. The van der Waals surface area contributed by atoms with E-state index in [1.165, 1.54) is 0 Å². The minimum Gasteiger partial charge on any atom is -0.454 e. The molecule has 0 saturated carbocycles. The van der Waals surface area contributed by atoms with Crippen LogP contribution in [0.15, 0.2) is 22.7 Å². The van der Waals surface area contributed by atoms with Crippen LogP contribution in [-0.4, -0.2) is 39.6 Å². The van der Waals surface area contributed by atoms with Gasteiger partial charge < -0.3 is 19.1 Å². The number of aliphatic hydroxyl groups is 1. The second-order valence-electron chi connectivity index (χ2n) is 5.67. The number of para-hydroxylation sites is 1. The van der Waals surface area contributed by atoms with Gasteiger partial charge in [0.2, 0.25) is 12.7 Å². The molecule has 116 valence electrons. The number of likely N-dealkylation sites (tertiary alicyclic amines) is 1.